The fourth-order valence-corrected chi connectivity index (χ4v) is 3.13. The molecule has 1 N–H and O–H groups in total. The molecule has 4 heteroatoms. The zero-order valence-electron chi connectivity index (χ0n) is 11.6. The second-order valence-corrected chi connectivity index (χ2v) is 5.96. The summed E-state index contributed by atoms with van der Waals surface area (Å²) in [5.41, 5.74) is 2.18. The Hall–Kier alpha value is -0.800. The first-order valence-corrected chi connectivity index (χ1v) is 7.74. The molecule has 1 aromatic rings. The van der Waals surface area contributed by atoms with Crippen molar-refractivity contribution in [2.24, 2.45) is 0 Å². The average molecular weight is 297 g/mol. The van der Waals surface area contributed by atoms with Gasteiger partial charge in [-0.15, -0.1) is 0 Å². The van der Waals surface area contributed by atoms with E-state index in [0.717, 1.165) is 34.4 Å². The van der Waals surface area contributed by atoms with Crippen molar-refractivity contribution in [2.45, 2.75) is 45.6 Å². The van der Waals surface area contributed by atoms with Gasteiger partial charge >= 0.3 is 0 Å². The van der Waals surface area contributed by atoms with E-state index in [4.69, 9.17) is 23.8 Å². The van der Waals surface area contributed by atoms with Crippen LogP contribution in [0.1, 0.15) is 38.2 Å². The number of hydrogen-bond donors (Lipinski definition) is 1. The highest BCUT2D eigenvalue weighted by Crippen LogP contribution is 2.24. The van der Waals surface area contributed by atoms with Gasteiger partial charge in [0.1, 0.15) is 0 Å². The topological polar surface area (TPSA) is 15.3 Å². The summed E-state index contributed by atoms with van der Waals surface area (Å²) in [5, 5.41) is 4.93. The molecular formula is C15H21ClN2S. The molecule has 1 aliphatic rings. The third-order valence-corrected chi connectivity index (χ3v) is 4.37. The van der Waals surface area contributed by atoms with Crippen molar-refractivity contribution >= 4 is 34.6 Å². The Morgan fingerprint density at radius 2 is 2.26 bits per heavy atom. The van der Waals surface area contributed by atoms with Crippen LogP contribution < -0.4 is 5.32 Å². The van der Waals surface area contributed by atoms with Gasteiger partial charge in [-0.25, -0.2) is 0 Å². The molecule has 1 atom stereocenters. The number of likely N-dealkylation sites (tertiary alicyclic amines) is 1. The fraction of sp³-hybridized carbons (Fsp3) is 0.533. The molecule has 0 bridgehead atoms. The van der Waals surface area contributed by atoms with Crippen LogP contribution in [0.15, 0.2) is 18.2 Å². The Kier molecular flexibility index (Phi) is 5.06. The molecule has 0 spiro atoms. The van der Waals surface area contributed by atoms with E-state index in [0.29, 0.717) is 6.04 Å². The first kappa shape index (κ1) is 14.6. The summed E-state index contributed by atoms with van der Waals surface area (Å²) in [4.78, 5) is 2.33. The van der Waals surface area contributed by atoms with Crippen LogP contribution in [-0.2, 0) is 0 Å². The molecular weight excluding hydrogens is 276 g/mol. The van der Waals surface area contributed by atoms with E-state index in [1.807, 2.05) is 18.2 Å². The first-order valence-electron chi connectivity index (χ1n) is 6.95. The number of thiocarbonyl (C=S) groups is 1. The summed E-state index contributed by atoms with van der Waals surface area (Å²) in [6.07, 6.45) is 4.93. The standard InChI is InChI=1S/C15H21ClN2S/c1-3-13-6-4-5-9-18(13)15(19)17-14-10-12(16)8-7-11(14)2/h7-8,10,13H,3-6,9H2,1-2H3,(H,17,19)/t13-/m1/s1. The van der Waals surface area contributed by atoms with Crippen LogP contribution in [0.3, 0.4) is 0 Å². The lowest BCUT2D eigenvalue weighted by atomic mass is 10.0. The number of hydrogen-bond acceptors (Lipinski definition) is 1. The maximum Gasteiger partial charge on any atom is 0.173 e. The zero-order chi connectivity index (χ0) is 13.8. The molecule has 0 aliphatic carbocycles. The minimum absolute atomic E-state index is 0.577. The Labute approximate surface area is 126 Å². The van der Waals surface area contributed by atoms with Gasteiger partial charge in [0, 0.05) is 23.3 Å². The Morgan fingerprint density at radius 3 is 3.00 bits per heavy atom. The van der Waals surface area contributed by atoms with Crippen molar-refractivity contribution in [3.63, 3.8) is 0 Å². The maximum absolute atomic E-state index is 6.05. The van der Waals surface area contributed by atoms with Gasteiger partial charge in [0.25, 0.3) is 0 Å². The van der Waals surface area contributed by atoms with Crippen molar-refractivity contribution < 1.29 is 0 Å². The Balaban J connectivity index is 2.09. The van der Waals surface area contributed by atoms with Crippen LogP contribution in [0.2, 0.25) is 5.02 Å². The summed E-state index contributed by atoms with van der Waals surface area (Å²) < 4.78 is 0. The number of anilines is 1. The molecule has 0 saturated carbocycles. The molecule has 1 aliphatic heterocycles. The van der Waals surface area contributed by atoms with Crippen LogP contribution in [0.25, 0.3) is 0 Å². The summed E-state index contributed by atoms with van der Waals surface area (Å²) in [7, 11) is 0. The third kappa shape index (κ3) is 3.61. The Bertz CT molecular complexity index is 461. The molecule has 1 fully saturated rings. The molecule has 1 aromatic carbocycles. The van der Waals surface area contributed by atoms with Gasteiger partial charge in [0.15, 0.2) is 5.11 Å². The number of halogens is 1. The van der Waals surface area contributed by atoms with E-state index in [2.05, 4.69) is 24.1 Å². The summed E-state index contributed by atoms with van der Waals surface area (Å²) in [6.45, 7) is 5.36. The number of rotatable bonds is 2. The highest BCUT2D eigenvalue weighted by atomic mass is 35.5. The van der Waals surface area contributed by atoms with Gasteiger partial charge < -0.3 is 10.2 Å². The number of nitrogens with one attached hydrogen (secondary N) is 1. The van der Waals surface area contributed by atoms with Crippen LogP contribution >= 0.6 is 23.8 Å². The molecule has 0 unspecified atom stereocenters. The SMILES string of the molecule is CC[C@@H]1CCCCN1C(=S)Nc1cc(Cl)ccc1C. The largest absolute Gasteiger partial charge is 0.346 e. The van der Waals surface area contributed by atoms with Gasteiger partial charge in [-0.1, -0.05) is 24.6 Å². The van der Waals surface area contributed by atoms with Crippen LogP contribution in [0.5, 0.6) is 0 Å². The smallest absolute Gasteiger partial charge is 0.173 e. The molecule has 104 valence electrons. The summed E-state index contributed by atoms with van der Waals surface area (Å²) >= 11 is 11.6. The predicted octanol–water partition coefficient (Wildman–Crippen LogP) is 4.61. The first-order chi connectivity index (χ1) is 9.11. The third-order valence-electron chi connectivity index (χ3n) is 3.80. The van der Waals surface area contributed by atoms with Gasteiger partial charge in [0.05, 0.1) is 0 Å². The highest BCUT2D eigenvalue weighted by Gasteiger charge is 2.23. The molecule has 2 nitrogen and oxygen atoms in total. The van der Waals surface area contributed by atoms with Gasteiger partial charge in [-0.3, -0.25) is 0 Å². The summed E-state index contributed by atoms with van der Waals surface area (Å²) in [6, 6.07) is 6.43. The minimum Gasteiger partial charge on any atom is -0.346 e. The summed E-state index contributed by atoms with van der Waals surface area (Å²) in [5.74, 6) is 0. The monoisotopic (exact) mass is 296 g/mol. The molecule has 0 amide bonds. The van der Waals surface area contributed by atoms with E-state index >= 15 is 0 Å². The van der Waals surface area contributed by atoms with Crippen LogP contribution in [-0.4, -0.2) is 22.6 Å². The fourth-order valence-electron chi connectivity index (χ4n) is 2.61. The second kappa shape index (κ2) is 6.58. The lowest BCUT2D eigenvalue weighted by molar-refractivity contribution is 0.239. The average Bonchev–Trinajstić information content (AvgIpc) is 2.42. The predicted molar refractivity (Wildman–Crippen MR) is 87.0 cm³/mol. The van der Waals surface area contributed by atoms with E-state index < -0.39 is 0 Å². The number of aryl methyl sites for hydroxylation is 1. The lowest BCUT2D eigenvalue weighted by Gasteiger charge is -2.37. The van der Waals surface area contributed by atoms with E-state index in [1.54, 1.807) is 0 Å². The highest BCUT2D eigenvalue weighted by molar-refractivity contribution is 7.80. The van der Waals surface area contributed by atoms with E-state index in [1.165, 1.54) is 19.3 Å². The van der Waals surface area contributed by atoms with Crippen molar-refractivity contribution in [2.75, 3.05) is 11.9 Å². The van der Waals surface area contributed by atoms with Gasteiger partial charge in [-0.05, 0) is 62.5 Å². The van der Waals surface area contributed by atoms with Crippen molar-refractivity contribution in [1.29, 1.82) is 0 Å². The quantitative estimate of drug-likeness (QED) is 0.802. The normalized spacial score (nSPS) is 19.3. The molecule has 2 rings (SSSR count). The maximum atomic E-state index is 6.05. The molecule has 1 saturated heterocycles. The Morgan fingerprint density at radius 1 is 1.47 bits per heavy atom. The van der Waals surface area contributed by atoms with Crippen molar-refractivity contribution in [3.05, 3.63) is 28.8 Å². The number of piperidine rings is 1. The number of nitrogens with zero attached hydrogens (tertiary/aromatic N) is 1. The van der Waals surface area contributed by atoms with Crippen LogP contribution in [0.4, 0.5) is 5.69 Å². The van der Waals surface area contributed by atoms with E-state index in [9.17, 15) is 0 Å². The van der Waals surface area contributed by atoms with Gasteiger partial charge in [-0.2, -0.15) is 0 Å². The molecule has 19 heavy (non-hydrogen) atoms. The second-order valence-electron chi connectivity index (χ2n) is 5.14. The molecule has 0 aromatic heterocycles. The van der Waals surface area contributed by atoms with Crippen LogP contribution in [0, 0.1) is 6.92 Å². The van der Waals surface area contributed by atoms with E-state index in [-0.39, 0.29) is 0 Å². The van der Waals surface area contributed by atoms with Gasteiger partial charge in [0.2, 0.25) is 0 Å². The zero-order valence-corrected chi connectivity index (χ0v) is 13.2. The minimum atomic E-state index is 0.577. The lowest BCUT2D eigenvalue weighted by Crippen LogP contribution is -2.45. The molecule has 1 heterocycles. The molecule has 0 radical (unpaired) electrons. The van der Waals surface area contributed by atoms with Crippen molar-refractivity contribution in [1.82, 2.24) is 4.90 Å². The number of benzene rings is 1. The van der Waals surface area contributed by atoms with Crippen molar-refractivity contribution in [3.8, 4) is 0 Å².